The number of nitrogens with zero attached hydrogens (tertiary/aromatic N) is 1. The van der Waals surface area contributed by atoms with Crippen LogP contribution >= 0.6 is 0 Å². The van der Waals surface area contributed by atoms with Gasteiger partial charge in [-0.15, -0.1) is 0 Å². The quantitative estimate of drug-likeness (QED) is 0.225. The summed E-state index contributed by atoms with van der Waals surface area (Å²) in [4.78, 5) is 2.80. The first-order valence-corrected chi connectivity index (χ1v) is 18.3. The van der Waals surface area contributed by atoms with E-state index in [9.17, 15) is 0 Å². The predicted molar refractivity (Wildman–Crippen MR) is 210 cm³/mol. The van der Waals surface area contributed by atoms with Crippen molar-refractivity contribution in [3.8, 4) is 11.1 Å². The Morgan fingerprint density at radius 2 is 1.29 bits per heavy atom. The van der Waals surface area contributed by atoms with E-state index < -0.39 is 0 Å². The van der Waals surface area contributed by atoms with Gasteiger partial charge >= 0.3 is 0 Å². The summed E-state index contributed by atoms with van der Waals surface area (Å²) in [6, 6.07) is 26.1. The molecule has 7 rings (SSSR count). The molecule has 1 saturated carbocycles. The Kier molecular flexibility index (Phi) is 7.42. The van der Waals surface area contributed by atoms with Crippen molar-refractivity contribution in [3.05, 3.63) is 94.5 Å². The molecule has 2 aliphatic heterocycles. The first kappa shape index (κ1) is 33.1. The molecule has 0 saturated heterocycles. The lowest BCUT2D eigenvalue weighted by Gasteiger charge is -2.51. The van der Waals surface area contributed by atoms with Gasteiger partial charge in [0, 0.05) is 33.7 Å². The molecule has 4 aromatic carbocycles. The van der Waals surface area contributed by atoms with Crippen molar-refractivity contribution in [2.45, 2.75) is 136 Å². The molecule has 249 valence electrons. The largest absolute Gasteiger partial charge is 0.355 e. The number of rotatable bonds is 3. The van der Waals surface area contributed by atoms with E-state index in [-0.39, 0.29) is 27.2 Å². The molecule has 1 aliphatic carbocycles. The SMILES string of the molecule is Cc1cc(-c2ccc(C(C)(C)C)cc2Nc2ccc(C(C)(C)C)cc2)c2c(c1)N1c3c(cc(C(C)(C)C)cc3C3(C)CCCCC13C)[B]2. The summed E-state index contributed by atoms with van der Waals surface area (Å²) < 4.78 is 0. The monoisotopic (exact) mass is 635 g/mol. The van der Waals surface area contributed by atoms with Crippen LogP contribution in [0.4, 0.5) is 22.7 Å². The highest BCUT2D eigenvalue weighted by Crippen LogP contribution is 2.61. The molecule has 2 atom stereocenters. The summed E-state index contributed by atoms with van der Waals surface area (Å²) in [6.45, 7) is 28.3. The van der Waals surface area contributed by atoms with Gasteiger partial charge in [0.1, 0.15) is 0 Å². The minimum atomic E-state index is 0.0267. The van der Waals surface area contributed by atoms with Gasteiger partial charge in [0.05, 0.1) is 5.54 Å². The maximum absolute atomic E-state index is 3.90. The van der Waals surface area contributed by atoms with Crippen molar-refractivity contribution < 1.29 is 0 Å². The third-order valence-corrected chi connectivity index (χ3v) is 12.1. The summed E-state index contributed by atoms with van der Waals surface area (Å²) in [6.07, 6.45) is 5.04. The zero-order valence-electron chi connectivity index (χ0n) is 31.7. The molecule has 0 aromatic heterocycles. The lowest BCUT2D eigenvalue weighted by molar-refractivity contribution is 0.195. The Balaban J connectivity index is 1.44. The van der Waals surface area contributed by atoms with Gasteiger partial charge in [-0.25, -0.2) is 0 Å². The molecule has 3 aliphatic rings. The highest BCUT2D eigenvalue weighted by molar-refractivity contribution is 6.73. The summed E-state index contributed by atoms with van der Waals surface area (Å²) in [5.74, 6) is 0. The third-order valence-electron chi connectivity index (χ3n) is 12.1. The fourth-order valence-corrected chi connectivity index (χ4v) is 8.83. The molecule has 1 radical (unpaired) electrons. The fraction of sp³-hybridized carbons (Fsp3) is 0.467. The number of aryl methyl sites for hydroxylation is 1. The van der Waals surface area contributed by atoms with Crippen LogP contribution in [0.2, 0.25) is 0 Å². The van der Waals surface area contributed by atoms with Gasteiger partial charge in [-0.1, -0.05) is 135 Å². The van der Waals surface area contributed by atoms with Gasteiger partial charge in [-0.05, 0) is 101 Å². The lowest BCUT2D eigenvalue weighted by atomic mass is 9.57. The van der Waals surface area contributed by atoms with E-state index in [0.717, 1.165) is 11.4 Å². The van der Waals surface area contributed by atoms with E-state index in [2.05, 4.69) is 167 Å². The zero-order chi connectivity index (χ0) is 34.6. The smallest absolute Gasteiger partial charge is 0.197 e. The second kappa shape index (κ2) is 10.8. The number of nitrogens with one attached hydrogen (secondary N) is 1. The van der Waals surface area contributed by atoms with Gasteiger partial charge in [-0.3, -0.25) is 0 Å². The van der Waals surface area contributed by atoms with Gasteiger partial charge < -0.3 is 10.2 Å². The van der Waals surface area contributed by atoms with Crippen LogP contribution in [0.15, 0.2) is 66.7 Å². The number of fused-ring (bicyclic) bond motifs is 5. The van der Waals surface area contributed by atoms with E-state index in [1.807, 2.05) is 0 Å². The van der Waals surface area contributed by atoms with Gasteiger partial charge in [0.25, 0.3) is 0 Å². The topological polar surface area (TPSA) is 15.3 Å². The van der Waals surface area contributed by atoms with Gasteiger partial charge in [0.2, 0.25) is 0 Å². The number of anilines is 4. The average Bonchev–Trinajstić information content (AvgIpc) is 3.21. The number of hydrogen-bond acceptors (Lipinski definition) is 2. The average molecular weight is 636 g/mol. The summed E-state index contributed by atoms with van der Waals surface area (Å²) in [5.41, 5.74) is 17.8. The van der Waals surface area contributed by atoms with Crippen LogP contribution in [0.5, 0.6) is 0 Å². The van der Waals surface area contributed by atoms with Crippen molar-refractivity contribution in [1.82, 2.24) is 0 Å². The second-order valence-corrected chi connectivity index (χ2v) is 18.7. The summed E-state index contributed by atoms with van der Waals surface area (Å²) in [7, 11) is 2.53. The van der Waals surface area contributed by atoms with E-state index >= 15 is 0 Å². The van der Waals surface area contributed by atoms with E-state index in [0.29, 0.717) is 0 Å². The summed E-state index contributed by atoms with van der Waals surface area (Å²) >= 11 is 0. The molecule has 2 heterocycles. The highest BCUT2D eigenvalue weighted by Gasteiger charge is 2.59. The van der Waals surface area contributed by atoms with Crippen LogP contribution in [-0.4, -0.2) is 12.8 Å². The van der Waals surface area contributed by atoms with E-state index in [1.165, 1.54) is 81.4 Å². The normalized spacial score (nSPS) is 21.7. The molecular weight excluding hydrogens is 579 g/mol. The van der Waals surface area contributed by atoms with Gasteiger partial charge in [-0.2, -0.15) is 0 Å². The fourth-order valence-electron chi connectivity index (χ4n) is 8.83. The van der Waals surface area contributed by atoms with E-state index in [4.69, 9.17) is 0 Å². The van der Waals surface area contributed by atoms with Crippen LogP contribution in [-0.2, 0) is 21.7 Å². The molecule has 0 spiro atoms. The van der Waals surface area contributed by atoms with Crippen molar-refractivity contribution in [1.29, 1.82) is 0 Å². The van der Waals surface area contributed by atoms with Crippen molar-refractivity contribution >= 4 is 41.0 Å². The Labute approximate surface area is 292 Å². The Morgan fingerprint density at radius 3 is 1.94 bits per heavy atom. The Hall–Kier alpha value is -3.46. The molecule has 4 aromatic rings. The van der Waals surface area contributed by atoms with Gasteiger partial charge in [0.15, 0.2) is 7.28 Å². The lowest BCUT2D eigenvalue weighted by Crippen LogP contribution is -2.57. The van der Waals surface area contributed by atoms with Crippen LogP contribution in [0.3, 0.4) is 0 Å². The van der Waals surface area contributed by atoms with Crippen molar-refractivity contribution in [3.63, 3.8) is 0 Å². The Bertz CT molecular complexity index is 1910. The Morgan fingerprint density at radius 1 is 0.667 bits per heavy atom. The predicted octanol–water partition coefficient (Wildman–Crippen LogP) is 11.0. The van der Waals surface area contributed by atoms with Crippen LogP contribution in [0.1, 0.15) is 130 Å². The van der Waals surface area contributed by atoms with Crippen LogP contribution in [0, 0.1) is 6.92 Å². The summed E-state index contributed by atoms with van der Waals surface area (Å²) in [5, 5.41) is 3.90. The second-order valence-electron chi connectivity index (χ2n) is 18.7. The minimum Gasteiger partial charge on any atom is -0.355 e. The van der Waals surface area contributed by atoms with Crippen molar-refractivity contribution in [2.24, 2.45) is 0 Å². The molecule has 2 unspecified atom stereocenters. The molecule has 0 bridgehead atoms. The van der Waals surface area contributed by atoms with Crippen LogP contribution in [0.25, 0.3) is 11.1 Å². The minimum absolute atomic E-state index is 0.0267. The molecule has 48 heavy (non-hydrogen) atoms. The van der Waals surface area contributed by atoms with E-state index in [1.54, 1.807) is 5.56 Å². The first-order valence-electron chi connectivity index (χ1n) is 18.3. The molecule has 3 heteroatoms. The molecule has 1 N–H and O–H groups in total. The maximum atomic E-state index is 3.90. The third kappa shape index (κ3) is 5.14. The van der Waals surface area contributed by atoms with Crippen molar-refractivity contribution in [2.75, 3.05) is 10.2 Å². The molecule has 1 fully saturated rings. The maximum Gasteiger partial charge on any atom is 0.197 e. The van der Waals surface area contributed by atoms with Crippen LogP contribution < -0.4 is 21.1 Å². The number of benzene rings is 4. The first-order chi connectivity index (χ1) is 22.3. The number of hydrogen-bond donors (Lipinski definition) is 1. The molecular formula is C45H56BN2. The standard InChI is InChI=1S/C45H56BN2/c1-28-23-34(33-20-17-30(42(5,6)7)27-37(33)47-32-18-15-29(16-19-32)41(2,3)4)39-38(24-28)48-40-35(44(11)21-13-14-22-45(44,48)12)25-31(43(8,9)10)26-36(40)46-39/h15-20,23-27,47H,13-14,21-22H2,1-12H3. The molecule has 2 nitrogen and oxygen atoms in total. The highest BCUT2D eigenvalue weighted by atomic mass is 15.3. The molecule has 0 amide bonds. The zero-order valence-corrected chi connectivity index (χ0v) is 31.7.